The third-order valence-electron chi connectivity index (χ3n) is 4.74. The number of nitrogens with one attached hydrogen (secondary N) is 1. The van der Waals surface area contributed by atoms with Gasteiger partial charge < -0.3 is 10.4 Å². The van der Waals surface area contributed by atoms with Crippen LogP contribution in [0.3, 0.4) is 0 Å². The summed E-state index contributed by atoms with van der Waals surface area (Å²) in [6.07, 6.45) is -1.39. The Bertz CT molecular complexity index is 770. The number of carbonyl (C=O) groups excluding carboxylic acids is 1. The second-order valence-electron chi connectivity index (χ2n) is 6.61. The van der Waals surface area contributed by atoms with E-state index in [1.165, 1.54) is 12.1 Å². The first kappa shape index (κ1) is 18.9. The molecule has 1 aromatic heterocycles. The third-order valence-corrected chi connectivity index (χ3v) is 5.72. The molecule has 1 unspecified atom stereocenters. The van der Waals surface area contributed by atoms with Crippen LogP contribution in [0.25, 0.3) is 0 Å². The van der Waals surface area contributed by atoms with Crippen molar-refractivity contribution >= 4 is 17.2 Å². The van der Waals surface area contributed by atoms with Crippen molar-refractivity contribution in [3.8, 4) is 0 Å². The van der Waals surface area contributed by atoms with Crippen molar-refractivity contribution in [2.24, 2.45) is 0 Å². The molecule has 26 heavy (non-hydrogen) atoms. The molecule has 0 saturated heterocycles. The number of hydrogen-bond donors (Lipinski definition) is 2. The van der Waals surface area contributed by atoms with Crippen molar-refractivity contribution in [2.45, 2.75) is 43.9 Å². The molecule has 0 spiro atoms. The average Bonchev–Trinajstić information content (AvgIpc) is 3.08. The van der Waals surface area contributed by atoms with E-state index in [0.29, 0.717) is 18.4 Å². The van der Waals surface area contributed by atoms with Gasteiger partial charge in [0.1, 0.15) is 5.60 Å². The normalized spacial score (nSPS) is 19.8. The van der Waals surface area contributed by atoms with E-state index in [-0.39, 0.29) is 18.9 Å². The van der Waals surface area contributed by atoms with E-state index < -0.39 is 17.3 Å². The minimum atomic E-state index is -4.36. The van der Waals surface area contributed by atoms with E-state index in [1.54, 1.807) is 11.3 Å². The average molecular weight is 383 g/mol. The highest BCUT2D eigenvalue weighted by Gasteiger charge is 2.35. The summed E-state index contributed by atoms with van der Waals surface area (Å²) < 4.78 is 37.6. The fraction of sp³-hybridized carbons (Fsp3) is 0.421. The summed E-state index contributed by atoms with van der Waals surface area (Å²) in [6.45, 7) is 0.155. The molecule has 1 amide bonds. The van der Waals surface area contributed by atoms with Crippen LogP contribution in [0.4, 0.5) is 13.2 Å². The minimum absolute atomic E-state index is 0.155. The van der Waals surface area contributed by atoms with Gasteiger partial charge in [0.25, 0.3) is 0 Å². The van der Waals surface area contributed by atoms with E-state index in [2.05, 4.69) is 5.32 Å². The molecule has 2 N–H and O–H groups in total. The van der Waals surface area contributed by atoms with Crippen LogP contribution in [0.1, 0.15) is 40.8 Å². The Morgan fingerprint density at radius 3 is 2.65 bits per heavy atom. The van der Waals surface area contributed by atoms with Gasteiger partial charge in [-0.05, 0) is 60.4 Å². The van der Waals surface area contributed by atoms with E-state index in [1.807, 2.05) is 11.4 Å². The van der Waals surface area contributed by atoms with Crippen LogP contribution in [-0.4, -0.2) is 17.6 Å². The second kappa shape index (κ2) is 7.40. The molecule has 0 radical (unpaired) electrons. The zero-order valence-corrected chi connectivity index (χ0v) is 14.9. The van der Waals surface area contributed by atoms with Gasteiger partial charge in [0.15, 0.2) is 0 Å². The summed E-state index contributed by atoms with van der Waals surface area (Å²) in [4.78, 5) is 13.2. The monoisotopic (exact) mass is 383 g/mol. The van der Waals surface area contributed by atoms with Gasteiger partial charge in [-0.15, -0.1) is 11.3 Å². The van der Waals surface area contributed by atoms with Crippen LogP contribution < -0.4 is 5.32 Å². The molecule has 1 aliphatic rings. The molecule has 1 atom stereocenters. The lowest BCUT2D eigenvalue weighted by molar-refractivity contribution is -0.137. The molecular weight excluding hydrogens is 363 g/mol. The van der Waals surface area contributed by atoms with Gasteiger partial charge in [-0.3, -0.25) is 4.79 Å². The molecular formula is C19H20F3NO2S. The van der Waals surface area contributed by atoms with Crippen molar-refractivity contribution in [1.82, 2.24) is 5.32 Å². The van der Waals surface area contributed by atoms with Gasteiger partial charge in [0.2, 0.25) is 5.91 Å². The molecule has 7 heteroatoms. The van der Waals surface area contributed by atoms with Gasteiger partial charge in [0.05, 0.1) is 12.1 Å². The van der Waals surface area contributed by atoms with Crippen molar-refractivity contribution < 1.29 is 23.1 Å². The van der Waals surface area contributed by atoms with Crippen LogP contribution in [0, 0.1) is 0 Å². The summed E-state index contributed by atoms with van der Waals surface area (Å²) in [6, 6.07) is 6.74. The molecule has 1 aliphatic carbocycles. The largest absolute Gasteiger partial charge is 0.416 e. The highest BCUT2D eigenvalue weighted by atomic mass is 32.1. The van der Waals surface area contributed by atoms with Crippen molar-refractivity contribution in [2.75, 3.05) is 6.54 Å². The number of hydrogen-bond acceptors (Lipinski definition) is 3. The molecule has 0 bridgehead atoms. The summed E-state index contributed by atoms with van der Waals surface area (Å²) in [5, 5.41) is 15.6. The Labute approximate surface area is 153 Å². The van der Waals surface area contributed by atoms with E-state index in [9.17, 15) is 23.1 Å². The standard InChI is InChI=1S/C19H20F3NO2S/c20-19(21,22)14-6-3-13(4-7-14)5-8-17(24)23-12-18(25)10-1-2-16-15(18)9-11-26-16/h3-4,6-7,9,11,25H,1-2,5,8,10,12H2,(H,23,24). The first-order valence-corrected chi connectivity index (χ1v) is 9.38. The quantitative estimate of drug-likeness (QED) is 0.819. The summed E-state index contributed by atoms with van der Waals surface area (Å²) in [5.41, 5.74) is -0.157. The first-order chi connectivity index (χ1) is 12.3. The predicted octanol–water partition coefficient (Wildman–Crippen LogP) is 4.04. The number of aliphatic hydroxyl groups is 1. The smallest absolute Gasteiger partial charge is 0.383 e. The van der Waals surface area contributed by atoms with Crippen LogP contribution in [0.15, 0.2) is 35.7 Å². The van der Waals surface area contributed by atoms with Crippen molar-refractivity contribution in [3.63, 3.8) is 0 Å². The Kier molecular flexibility index (Phi) is 5.39. The molecule has 0 fully saturated rings. The lowest BCUT2D eigenvalue weighted by Gasteiger charge is -2.32. The molecule has 0 aliphatic heterocycles. The lowest BCUT2D eigenvalue weighted by atomic mass is 9.83. The molecule has 3 rings (SSSR count). The number of thiophene rings is 1. The molecule has 2 aromatic rings. The number of alkyl halides is 3. The summed E-state index contributed by atoms with van der Waals surface area (Å²) in [7, 11) is 0. The van der Waals surface area contributed by atoms with E-state index in [4.69, 9.17) is 0 Å². The molecule has 3 nitrogen and oxygen atoms in total. The fourth-order valence-corrected chi connectivity index (χ4v) is 4.28. The number of fused-ring (bicyclic) bond motifs is 1. The Morgan fingerprint density at radius 2 is 1.96 bits per heavy atom. The van der Waals surface area contributed by atoms with Crippen molar-refractivity contribution in [3.05, 3.63) is 57.3 Å². The molecule has 140 valence electrons. The van der Waals surface area contributed by atoms with Crippen LogP contribution >= 0.6 is 11.3 Å². The zero-order chi connectivity index (χ0) is 18.8. The van der Waals surface area contributed by atoms with Crippen molar-refractivity contribution in [1.29, 1.82) is 0 Å². The maximum atomic E-state index is 12.5. The fourth-order valence-electron chi connectivity index (χ4n) is 3.26. The molecule has 1 heterocycles. The Balaban J connectivity index is 1.51. The minimum Gasteiger partial charge on any atom is -0.383 e. The van der Waals surface area contributed by atoms with Gasteiger partial charge in [-0.1, -0.05) is 12.1 Å². The number of carbonyl (C=O) groups is 1. The molecule has 1 aromatic carbocycles. The first-order valence-electron chi connectivity index (χ1n) is 8.50. The van der Waals surface area contributed by atoms with Gasteiger partial charge in [0, 0.05) is 11.3 Å². The number of benzene rings is 1. The third kappa shape index (κ3) is 4.27. The van der Waals surface area contributed by atoms with E-state index >= 15 is 0 Å². The second-order valence-corrected chi connectivity index (χ2v) is 7.61. The number of rotatable bonds is 5. The zero-order valence-electron chi connectivity index (χ0n) is 14.1. The van der Waals surface area contributed by atoms with E-state index in [0.717, 1.165) is 35.4 Å². The van der Waals surface area contributed by atoms with Crippen LogP contribution in [0.2, 0.25) is 0 Å². The molecule has 0 saturated carbocycles. The maximum Gasteiger partial charge on any atom is 0.416 e. The van der Waals surface area contributed by atoms with Crippen LogP contribution in [-0.2, 0) is 29.4 Å². The van der Waals surface area contributed by atoms with Gasteiger partial charge in [-0.2, -0.15) is 13.2 Å². The Hall–Kier alpha value is -1.86. The highest BCUT2D eigenvalue weighted by Crippen LogP contribution is 2.37. The Morgan fingerprint density at radius 1 is 1.23 bits per heavy atom. The SMILES string of the molecule is O=C(CCc1ccc(C(F)(F)F)cc1)NCC1(O)CCCc2sccc21. The summed E-state index contributed by atoms with van der Waals surface area (Å²) >= 11 is 1.62. The van der Waals surface area contributed by atoms with Gasteiger partial charge >= 0.3 is 6.18 Å². The van der Waals surface area contributed by atoms with Gasteiger partial charge in [-0.25, -0.2) is 0 Å². The topological polar surface area (TPSA) is 49.3 Å². The highest BCUT2D eigenvalue weighted by molar-refractivity contribution is 7.10. The summed E-state index contributed by atoms with van der Waals surface area (Å²) in [5.74, 6) is -0.222. The number of halogens is 3. The number of aryl methyl sites for hydroxylation is 2. The van der Waals surface area contributed by atoms with Crippen LogP contribution in [0.5, 0.6) is 0 Å². The number of amides is 1. The maximum absolute atomic E-state index is 12.5. The predicted molar refractivity (Wildman–Crippen MR) is 93.9 cm³/mol. The lowest BCUT2D eigenvalue weighted by Crippen LogP contribution is -2.42.